The largest absolute Gasteiger partial charge is 0.397 e. The number of hydrogen-bond acceptors (Lipinski definition) is 3. The SMILES string of the molecule is Cc1ncc(N)cc1C(=O)Nc1cc(F)ccc1Br. The van der Waals surface area contributed by atoms with Crippen LogP contribution in [0.2, 0.25) is 0 Å². The fourth-order valence-electron chi connectivity index (χ4n) is 1.56. The molecule has 2 rings (SSSR count). The number of hydrogen-bond donors (Lipinski definition) is 2. The van der Waals surface area contributed by atoms with Crippen LogP contribution in [-0.4, -0.2) is 10.9 Å². The van der Waals surface area contributed by atoms with E-state index in [1.165, 1.54) is 30.5 Å². The van der Waals surface area contributed by atoms with Gasteiger partial charge >= 0.3 is 0 Å². The van der Waals surface area contributed by atoms with Crippen LogP contribution in [0.15, 0.2) is 34.9 Å². The molecule has 1 amide bonds. The molecule has 0 atom stereocenters. The fourth-order valence-corrected chi connectivity index (χ4v) is 1.91. The van der Waals surface area contributed by atoms with E-state index in [1.807, 2.05) is 0 Å². The molecular formula is C13H11BrFN3O. The molecule has 0 saturated carbocycles. The van der Waals surface area contributed by atoms with Crippen LogP contribution in [0.4, 0.5) is 15.8 Å². The van der Waals surface area contributed by atoms with Gasteiger partial charge in [-0.25, -0.2) is 4.39 Å². The van der Waals surface area contributed by atoms with Crippen molar-refractivity contribution in [3.05, 3.63) is 52.0 Å². The Morgan fingerprint density at radius 3 is 2.89 bits per heavy atom. The number of nitrogens with one attached hydrogen (secondary N) is 1. The summed E-state index contributed by atoms with van der Waals surface area (Å²) in [4.78, 5) is 16.1. The summed E-state index contributed by atoms with van der Waals surface area (Å²) in [5, 5.41) is 2.61. The Morgan fingerprint density at radius 2 is 2.16 bits per heavy atom. The summed E-state index contributed by atoms with van der Waals surface area (Å²) < 4.78 is 13.7. The Kier molecular flexibility index (Phi) is 3.80. The van der Waals surface area contributed by atoms with E-state index in [0.717, 1.165) is 0 Å². The van der Waals surface area contributed by atoms with Crippen molar-refractivity contribution in [1.29, 1.82) is 0 Å². The smallest absolute Gasteiger partial charge is 0.257 e. The molecule has 0 unspecified atom stereocenters. The number of amides is 1. The van der Waals surface area contributed by atoms with Gasteiger partial charge in [-0.1, -0.05) is 0 Å². The minimum absolute atomic E-state index is 0.354. The molecule has 1 aromatic heterocycles. The normalized spacial score (nSPS) is 10.3. The fraction of sp³-hybridized carbons (Fsp3) is 0.0769. The molecule has 1 heterocycles. The number of pyridine rings is 1. The number of benzene rings is 1. The minimum atomic E-state index is -0.430. The molecule has 1 aromatic carbocycles. The lowest BCUT2D eigenvalue weighted by Gasteiger charge is -2.09. The quantitative estimate of drug-likeness (QED) is 0.892. The van der Waals surface area contributed by atoms with Gasteiger partial charge in [0.15, 0.2) is 0 Å². The predicted octanol–water partition coefficient (Wildman–Crippen LogP) is 3.13. The van der Waals surface area contributed by atoms with Crippen molar-refractivity contribution in [2.75, 3.05) is 11.1 Å². The monoisotopic (exact) mass is 323 g/mol. The van der Waals surface area contributed by atoms with Crippen molar-refractivity contribution in [2.45, 2.75) is 6.92 Å². The minimum Gasteiger partial charge on any atom is -0.397 e. The van der Waals surface area contributed by atoms with Crippen LogP contribution < -0.4 is 11.1 Å². The first-order chi connectivity index (χ1) is 8.97. The Balaban J connectivity index is 2.30. The highest BCUT2D eigenvalue weighted by Gasteiger charge is 2.12. The molecule has 3 N–H and O–H groups in total. The lowest BCUT2D eigenvalue weighted by Crippen LogP contribution is -2.15. The number of carbonyl (C=O) groups is 1. The molecule has 0 spiro atoms. The van der Waals surface area contributed by atoms with Crippen molar-refractivity contribution in [3.8, 4) is 0 Å². The number of nitrogens with zero attached hydrogens (tertiary/aromatic N) is 1. The average molecular weight is 324 g/mol. The van der Waals surface area contributed by atoms with E-state index in [4.69, 9.17) is 5.73 Å². The Hall–Kier alpha value is -1.95. The Bertz CT molecular complexity index is 646. The van der Waals surface area contributed by atoms with E-state index >= 15 is 0 Å². The van der Waals surface area contributed by atoms with Gasteiger partial charge in [-0.15, -0.1) is 0 Å². The third-order valence-electron chi connectivity index (χ3n) is 2.53. The third-order valence-corrected chi connectivity index (χ3v) is 3.22. The summed E-state index contributed by atoms with van der Waals surface area (Å²) in [5.74, 6) is -0.815. The van der Waals surface area contributed by atoms with Gasteiger partial charge in [0.1, 0.15) is 5.82 Å². The first-order valence-electron chi connectivity index (χ1n) is 5.46. The number of anilines is 2. The molecule has 6 heteroatoms. The zero-order chi connectivity index (χ0) is 14.0. The van der Waals surface area contributed by atoms with Crippen molar-refractivity contribution in [1.82, 2.24) is 4.98 Å². The zero-order valence-corrected chi connectivity index (χ0v) is 11.7. The average Bonchev–Trinajstić information content (AvgIpc) is 2.36. The molecule has 0 saturated heterocycles. The van der Waals surface area contributed by atoms with Gasteiger partial charge < -0.3 is 11.1 Å². The first kappa shape index (κ1) is 13.5. The third kappa shape index (κ3) is 3.08. The second kappa shape index (κ2) is 5.36. The molecule has 0 bridgehead atoms. The van der Waals surface area contributed by atoms with Crippen molar-refractivity contribution in [2.24, 2.45) is 0 Å². The number of nitrogen functional groups attached to an aromatic ring is 1. The summed E-state index contributed by atoms with van der Waals surface area (Å²) in [6.07, 6.45) is 1.48. The molecule has 0 fully saturated rings. The molecule has 0 aliphatic heterocycles. The van der Waals surface area contributed by atoms with Crippen LogP contribution in [0, 0.1) is 12.7 Å². The van der Waals surface area contributed by atoms with E-state index in [-0.39, 0.29) is 5.91 Å². The molecule has 0 aliphatic carbocycles. The van der Waals surface area contributed by atoms with Crippen LogP contribution in [-0.2, 0) is 0 Å². The lowest BCUT2D eigenvalue weighted by molar-refractivity contribution is 0.102. The number of nitrogens with two attached hydrogens (primary N) is 1. The highest BCUT2D eigenvalue weighted by molar-refractivity contribution is 9.10. The van der Waals surface area contributed by atoms with Crippen LogP contribution in [0.1, 0.15) is 16.1 Å². The standard InChI is InChI=1S/C13H11BrFN3O/c1-7-10(5-9(16)6-17-7)13(19)18-12-4-8(15)2-3-11(12)14/h2-6H,16H2,1H3,(H,18,19). The van der Waals surface area contributed by atoms with Gasteiger partial charge in [-0.2, -0.15) is 0 Å². The molecule has 19 heavy (non-hydrogen) atoms. The molecule has 2 aromatic rings. The van der Waals surface area contributed by atoms with Gasteiger partial charge in [0.05, 0.1) is 28.8 Å². The summed E-state index contributed by atoms with van der Waals surface area (Å²) in [5.41, 5.74) is 7.26. The van der Waals surface area contributed by atoms with Gasteiger partial charge in [0, 0.05) is 4.47 Å². The van der Waals surface area contributed by atoms with E-state index in [0.29, 0.717) is 27.1 Å². The zero-order valence-electron chi connectivity index (χ0n) is 10.1. The molecular weight excluding hydrogens is 313 g/mol. The maximum atomic E-state index is 13.1. The molecule has 0 radical (unpaired) electrons. The lowest BCUT2D eigenvalue weighted by atomic mass is 10.1. The topological polar surface area (TPSA) is 68.0 Å². The van der Waals surface area contributed by atoms with Crippen molar-refractivity contribution < 1.29 is 9.18 Å². The molecule has 4 nitrogen and oxygen atoms in total. The number of rotatable bonds is 2. The van der Waals surface area contributed by atoms with Gasteiger partial charge in [-0.3, -0.25) is 9.78 Å². The van der Waals surface area contributed by atoms with Gasteiger partial charge in [0.25, 0.3) is 5.91 Å². The Labute approximate surface area is 118 Å². The summed E-state index contributed by atoms with van der Waals surface area (Å²) >= 11 is 3.24. The first-order valence-corrected chi connectivity index (χ1v) is 6.25. The van der Waals surface area contributed by atoms with Crippen LogP contribution in [0.5, 0.6) is 0 Å². The second-order valence-electron chi connectivity index (χ2n) is 3.98. The predicted molar refractivity (Wildman–Crippen MR) is 75.4 cm³/mol. The van der Waals surface area contributed by atoms with Gasteiger partial charge in [0.2, 0.25) is 0 Å². The highest BCUT2D eigenvalue weighted by Crippen LogP contribution is 2.24. The van der Waals surface area contributed by atoms with Crippen LogP contribution in [0.3, 0.4) is 0 Å². The maximum Gasteiger partial charge on any atom is 0.257 e. The van der Waals surface area contributed by atoms with E-state index in [2.05, 4.69) is 26.2 Å². The number of carbonyl (C=O) groups excluding carboxylic acids is 1. The Morgan fingerprint density at radius 1 is 1.42 bits per heavy atom. The molecule has 0 aliphatic rings. The van der Waals surface area contributed by atoms with Gasteiger partial charge in [-0.05, 0) is 47.1 Å². The van der Waals surface area contributed by atoms with E-state index in [1.54, 1.807) is 6.92 Å². The number of aryl methyl sites for hydroxylation is 1. The van der Waals surface area contributed by atoms with E-state index < -0.39 is 5.82 Å². The highest BCUT2D eigenvalue weighted by atomic mass is 79.9. The molecule has 98 valence electrons. The maximum absolute atomic E-state index is 13.1. The van der Waals surface area contributed by atoms with Crippen LogP contribution >= 0.6 is 15.9 Å². The summed E-state index contributed by atoms with van der Waals surface area (Å²) in [6, 6.07) is 5.59. The summed E-state index contributed by atoms with van der Waals surface area (Å²) in [7, 11) is 0. The summed E-state index contributed by atoms with van der Waals surface area (Å²) in [6.45, 7) is 1.70. The van der Waals surface area contributed by atoms with Crippen molar-refractivity contribution >= 4 is 33.2 Å². The van der Waals surface area contributed by atoms with Crippen LogP contribution in [0.25, 0.3) is 0 Å². The number of halogens is 2. The van der Waals surface area contributed by atoms with Crippen molar-refractivity contribution in [3.63, 3.8) is 0 Å². The number of aromatic nitrogens is 1. The van der Waals surface area contributed by atoms with E-state index in [9.17, 15) is 9.18 Å². The second-order valence-corrected chi connectivity index (χ2v) is 4.83.